The molecule has 0 aliphatic heterocycles. The van der Waals surface area contributed by atoms with Crippen LogP contribution in [0, 0.1) is 0 Å². The van der Waals surface area contributed by atoms with Gasteiger partial charge in [-0.25, -0.2) is 0 Å². The van der Waals surface area contributed by atoms with Gasteiger partial charge in [0.15, 0.2) is 0 Å². The van der Waals surface area contributed by atoms with E-state index < -0.39 is 30.5 Å². The van der Waals surface area contributed by atoms with Crippen molar-refractivity contribution in [1.82, 2.24) is 0 Å². The summed E-state index contributed by atoms with van der Waals surface area (Å²) in [5, 5.41) is 17.9. The zero-order valence-electron chi connectivity index (χ0n) is 14.1. The summed E-state index contributed by atoms with van der Waals surface area (Å²) in [6, 6.07) is 15.6. The number of aliphatic carboxylic acids is 2. The molecule has 2 aromatic rings. The van der Waals surface area contributed by atoms with E-state index in [0.29, 0.717) is 5.75 Å². The van der Waals surface area contributed by atoms with E-state index in [9.17, 15) is 9.59 Å². The quantitative estimate of drug-likeness (QED) is 0.638. The van der Waals surface area contributed by atoms with E-state index in [4.69, 9.17) is 20.7 Å². The molecule has 136 valence electrons. The van der Waals surface area contributed by atoms with Gasteiger partial charge >= 0.3 is 11.9 Å². The number of hydrogen-bond acceptors (Lipinski definition) is 4. The number of allylic oxidation sites excluding steroid dienone is 1. The molecule has 0 spiro atoms. The van der Waals surface area contributed by atoms with Crippen molar-refractivity contribution in [2.45, 2.75) is 25.0 Å². The fraction of sp³-hybridized carbons (Fsp3) is 0.200. The second-order valence-corrected chi connectivity index (χ2v) is 5.78. The number of carbonyl (C=O) groups is 2. The first-order valence-electron chi connectivity index (χ1n) is 8.13. The van der Waals surface area contributed by atoms with Crippen LogP contribution in [0.4, 0.5) is 0 Å². The number of benzene rings is 2. The highest BCUT2D eigenvalue weighted by Gasteiger charge is 2.28. The molecule has 0 saturated heterocycles. The van der Waals surface area contributed by atoms with E-state index in [2.05, 4.69) is 0 Å². The Morgan fingerprint density at radius 2 is 1.69 bits per heavy atom. The average Bonchev–Trinajstić information content (AvgIpc) is 2.62. The van der Waals surface area contributed by atoms with E-state index >= 15 is 0 Å². The van der Waals surface area contributed by atoms with Crippen molar-refractivity contribution < 1.29 is 24.5 Å². The summed E-state index contributed by atoms with van der Waals surface area (Å²) in [7, 11) is 0. The van der Waals surface area contributed by atoms with Crippen LogP contribution < -0.4 is 10.5 Å². The molecule has 0 bridgehead atoms. The third-order valence-electron chi connectivity index (χ3n) is 3.74. The molecule has 2 aromatic carbocycles. The van der Waals surface area contributed by atoms with Crippen LogP contribution in [0.1, 0.15) is 17.5 Å². The zero-order chi connectivity index (χ0) is 18.9. The summed E-state index contributed by atoms with van der Waals surface area (Å²) < 4.78 is 5.47. The van der Waals surface area contributed by atoms with Gasteiger partial charge in [0.2, 0.25) is 0 Å². The Hall–Kier alpha value is -3.12. The molecule has 0 heterocycles. The van der Waals surface area contributed by atoms with Gasteiger partial charge in [-0.3, -0.25) is 9.59 Å². The van der Waals surface area contributed by atoms with Crippen molar-refractivity contribution in [3.63, 3.8) is 0 Å². The predicted molar refractivity (Wildman–Crippen MR) is 97.9 cm³/mol. The molecule has 0 amide bonds. The Bertz CT molecular complexity index is 756. The summed E-state index contributed by atoms with van der Waals surface area (Å²) in [6.07, 6.45) is 3.16. The Balaban J connectivity index is 1.97. The van der Waals surface area contributed by atoms with Gasteiger partial charge in [0.05, 0.1) is 6.42 Å². The zero-order valence-corrected chi connectivity index (χ0v) is 14.1. The van der Waals surface area contributed by atoms with Gasteiger partial charge in [-0.2, -0.15) is 0 Å². The molecule has 0 fully saturated rings. The summed E-state index contributed by atoms with van der Waals surface area (Å²) in [5.41, 5.74) is 7.67. The fourth-order valence-corrected chi connectivity index (χ4v) is 2.35. The van der Waals surface area contributed by atoms with Gasteiger partial charge < -0.3 is 20.7 Å². The maximum Gasteiger partial charge on any atom is 0.324 e. The minimum atomic E-state index is -1.42. The molecule has 0 saturated carbocycles. The molecule has 2 atom stereocenters. The Morgan fingerprint density at radius 3 is 2.27 bits per heavy atom. The van der Waals surface area contributed by atoms with E-state index in [1.807, 2.05) is 54.6 Å². The van der Waals surface area contributed by atoms with Crippen LogP contribution in [0.15, 0.2) is 60.7 Å². The number of carboxylic acids is 2. The lowest BCUT2D eigenvalue weighted by molar-refractivity contribution is -0.143. The van der Waals surface area contributed by atoms with Crippen LogP contribution in [-0.2, 0) is 16.0 Å². The van der Waals surface area contributed by atoms with Crippen LogP contribution >= 0.6 is 0 Å². The lowest BCUT2D eigenvalue weighted by Crippen LogP contribution is -2.46. The van der Waals surface area contributed by atoms with Crippen molar-refractivity contribution in [3.8, 4) is 5.75 Å². The number of rotatable bonds is 9. The normalized spacial score (nSPS) is 13.3. The van der Waals surface area contributed by atoms with Crippen molar-refractivity contribution in [1.29, 1.82) is 0 Å². The van der Waals surface area contributed by atoms with Crippen molar-refractivity contribution in [2.24, 2.45) is 5.73 Å². The monoisotopic (exact) mass is 355 g/mol. The molecule has 1 unspecified atom stereocenters. The maximum atomic E-state index is 11.0. The second-order valence-electron chi connectivity index (χ2n) is 5.78. The largest absolute Gasteiger partial charge is 0.488 e. The maximum absolute atomic E-state index is 11.0. The minimum Gasteiger partial charge on any atom is -0.488 e. The Kier molecular flexibility index (Phi) is 6.93. The predicted octanol–water partition coefficient (Wildman–Crippen LogP) is 2.58. The molecule has 2 rings (SSSR count). The van der Waals surface area contributed by atoms with Crippen molar-refractivity contribution in [2.75, 3.05) is 0 Å². The summed E-state index contributed by atoms with van der Waals surface area (Å²) >= 11 is 0. The number of nitrogens with two attached hydrogens (primary N) is 1. The van der Waals surface area contributed by atoms with E-state index in [-0.39, 0.29) is 0 Å². The smallest absolute Gasteiger partial charge is 0.324 e. The second kappa shape index (κ2) is 9.39. The highest BCUT2D eigenvalue weighted by molar-refractivity contribution is 5.76. The first kappa shape index (κ1) is 19.2. The van der Waals surface area contributed by atoms with Gasteiger partial charge in [0.25, 0.3) is 0 Å². The first-order valence-corrected chi connectivity index (χ1v) is 8.13. The van der Waals surface area contributed by atoms with Gasteiger partial charge in [0, 0.05) is 0 Å². The third-order valence-corrected chi connectivity index (χ3v) is 3.74. The van der Waals surface area contributed by atoms with Crippen molar-refractivity contribution >= 4 is 18.0 Å². The molecule has 0 aliphatic carbocycles. The van der Waals surface area contributed by atoms with E-state index in [1.165, 1.54) is 0 Å². The van der Waals surface area contributed by atoms with Crippen LogP contribution in [0.3, 0.4) is 0 Å². The lowest BCUT2D eigenvalue weighted by Gasteiger charge is -2.21. The van der Waals surface area contributed by atoms with Crippen molar-refractivity contribution in [3.05, 3.63) is 71.8 Å². The highest BCUT2D eigenvalue weighted by Crippen LogP contribution is 2.17. The van der Waals surface area contributed by atoms with Crippen LogP contribution in [0.5, 0.6) is 5.75 Å². The third kappa shape index (κ3) is 6.07. The van der Waals surface area contributed by atoms with E-state index in [1.54, 1.807) is 12.1 Å². The Morgan fingerprint density at radius 1 is 1.04 bits per heavy atom. The van der Waals surface area contributed by atoms with Gasteiger partial charge in [0.1, 0.15) is 17.9 Å². The van der Waals surface area contributed by atoms with Gasteiger partial charge in [-0.15, -0.1) is 0 Å². The molecule has 4 N–H and O–H groups in total. The minimum absolute atomic E-state index is 0.378. The lowest BCUT2D eigenvalue weighted by atomic mass is 10.1. The summed E-state index contributed by atoms with van der Waals surface area (Å²) in [4.78, 5) is 21.9. The SMILES string of the molecule is N[C@H](C(=O)O)C(CC(=O)O)Oc1ccc(CC=Cc2ccccc2)cc1. The van der Waals surface area contributed by atoms with Crippen LogP contribution in [0.2, 0.25) is 0 Å². The molecule has 6 heteroatoms. The van der Waals surface area contributed by atoms with Crippen LogP contribution in [-0.4, -0.2) is 34.3 Å². The molecule has 0 aliphatic rings. The Labute approximate surface area is 151 Å². The van der Waals surface area contributed by atoms with Crippen LogP contribution in [0.25, 0.3) is 6.08 Å². The molecular weight excluding hydrogens is 334 g/mol. The number of carboxylic acid groups (broad SMARTS) is 2. The summed E-state index contributed by atoms with van der Waals surface area (Å²) in [5.74, 6) is -2.10. The number of hydrogen-bond donors (Lipinski definition) is 3. The molecular formula is C20H21NO5. The average molecular weight is 355 g/mol. The molecule has 6 nitrogen and oxygen atoms in total. The molecule has 0 radical (unpaired) electrons. The molecule has 26 heavy (non-hydrogen) atoms. The van der Waals surface area contributed by atoms with Gasteiger partial charge in [-0.1, -0.05) is 54.6 Å². The standard InChI is InChI=1S/C20H21NO5/c21-19(20(24)25)17(13-18(22)23)26-16-11-9-15(10-12-16)8-4-7-14-5-2-1-3-6-14/h1-7,9-12,17,19H,8,13,21H2,(H,22,23)(H,24,25)/t17?,19-/m0/s1. The topological polar surface area (TPSA) is 110 Å². The van der Waals surface area contributed by atoms with Gasteiger partial charge in [-0.05, 0) is 29.7 Å². The first-order chi connectivity index (χ1) is 12.5. The highest BCUT2D eigenvalue weighted by atomic mass is 16.5. The fourth-order valence-electron chi connectivity index (χ4n) is 2.35. The summed E-state index contributed by atoms with van der Waals surface area (Å²) in [6.45, 7) is 0. The number of ether oxygens (including phenoxy) is 1. The molecule has 0 aromatic heterocycles. The van der Waals surface area contributed by atoms with E-state index in [0.717, 1.165) is 17.5 Å².